The maximum Gasteiger partial charge on any atom is 0.0269 e. The van der Waals surface area contributed by atoms with E-state index in [1.54, 1.807) is 0 Å². The second-order valence-electron chi connectivity index (χ2n) is 6.21. The summed E-state index contributed by atoms with van der Waals surface area (Å²) in [7, 11) is 0. The Morgan fingerprint density at radius 1 is 1.32 bits per heavy atom. The molecule has 0 spiro atoms. The van der Waals surface area contributed by atoms with Crippen LogP contribution >= 0.6 is 0 Å². The van der Waals surface area contributed by atoms with E-state index in [1.165, 1.54) is 11.1 Å². The van der Waals surface area contributed by atoms with Crippen LogP contribution in [-0.2, 0) is 0 Å². The predicted octanol–water partition coefficient (Wildman–Crippen LogP) is 2.38. The van der Waals surface area contributed by atoms with Gasteiger partial charge in [-0.15, -0.1) is 0 Å². The van der Waals surface area contributed by atoms with E-state index >= 15 is 0 Å². The minimum atomic E-state index is 0.204. The summed E-state index contributed by atoms with van der Waals surface area (Å²) in [6.07, 6.45) is 1.04. The van der Waals surface area contributed by atoms with Crippen LogP contribution in [-0.4, -0.2) is 42.7 Å². The first-order valence-corrected chi connectivity index (χ1v) is 7.85. The van der Waals surface area contributed by atoms with Crippen molar-refractivity contribution in [2.45, 2.75) is 66.1 Å². The van der Waals surface area contributed by atoms with Crippen molar-refractivity contribution in [3.05, 3.63) is 11.1 Å². The van der Waals surface area contributed by atoms with E-state index in [2.05, 4.69) is 51.8 Å². The summed E-state index contributed by atoms with van der Waals surface area (Å²) in [5.74, 6) is 0.570. The van der Waals surface area contributed by atoms with Gasteiger partial charge in [0, 0.05) is 24.7 Å². The number of nitrogens with zero attached hydrogens (tertiary/aromatic N) is 1. The summed E-state index contributed by atoms with van der Waals surface area (Å²) in [5, 5.41) is 3.79. The summed E-state index contributed by atoms with van der Waals surface area (Å²) in [5.41, 5.74) is 9.31. The van der Waals surface area contributed by atoms with Crippen LogP contribution in [0.3, 0.4) is 0 Å². The molecule has 0 radical (unpaired) electrons. The summed E-state index contributed by atoms with van der Waals surface area (Å²) in [6, 6.07) is 1.14. The van der Waals surface area contributed by atoms with Gasteiger partial charge in [0.2, 0.25) is 0 Å². The van der Waals surface area contributed by atoms with Crippen molar-refractivity contribution in [3.8, 4) is 0 Å². The Kier molecular flexibility index (Phi) is 6.51. The molecule has 0 aliphatic carbocycles. The number of likely N-dealkylation sites (N-methyl/N-ethyl adjacent to an activating group) is 1. The number of hydrogen-bond donors (Lipinski definition) is 2. The van der Waals surface area contributed by atoms with Gasteiger partial charge < -0.3 is 16.0 Å². The molecule has 3 unspecified atom stereocenters. The monoisotopic (exact) mass is 267 g/mol. The summed E-state index contributed by atoms with van der Waals surface area (Å²) in [6.45, 7) is 16.8. The van der Waals surface area contributed by atoms with E-state index in [9.17, 15) is 0 Å². The summed E-state index contributed by atoms with van der Waals surface area (Å²) in [4.78, 5) is 2.48. The molecule has 1 heterocycles. The molecule has 19 heavy (non-hydrogen) atoms. The molecular formula is C16H33N3. The van der Waals surface area contributed by atoms with Gasteiger partial charge in [-0.25, -0.2) is 0 Å². The molecule has 3 nitrogen and oxygen atoms in total. The average molecular weight is 267 g/mol. The topological polar surface area (TPSA) is 41.3 Å². The van der Waals surface area contributed by atoms with Gasteiger partial charge in [0.15, 0.2) is 0 Å². The van der Waals surface area contributed by atoms with Gasteiger partial charge in [-0.1, -0.05) is 38.8 Å². The van der Waals surface area contributed by atoms with E-state index in [4.69, 9.17) is 5.73 Å². The highest BCUT2D eigenvalue weighted by atomic mass is 15.1. The third kappa shape index (κ3) is 4.30. The lowest BCUT2D eigenvalue weighted by Gasteiger charge is -2.28. The molecule has 1 aliphatic rings. The van der Waals surface area contributed by atoms with Crippen molar-refractivity contribution in [3.63, 3.8) is 0 Å². The molecule has 0 aromatic carbocycles. The lowest BCUT2D eigenvalue weighted by Crippen LogP contribution is -2.46. The van der Waals surface area contributed by atoms with Gasteiger partial charge in [0.1, 0.15) is 0 Å². The van der Waals surface area contributed by atoms with E-state index < -0.39 is 0 Å². The first-order chi connectivity index (χ1) is 8.90. The van der Waals surface area contributed by atoms with Crippen LogP contribution in [0, 0.1) is 5.92 Å². The van der Waals surface area contributed by atoms with Crippen molar-refractivity contribution in [1.29, 1.82) is 0 Å². The Morgan fingerprint density at radius 3 is 2.37 bits per heavy atom. The molecule has 3 atom stereocenters. The Balaban J connectivity index is 2.81. The molecule has 1 rings (SSSR count). The molecular weight excluding hydrogens is 234 g/mol. The van der Waals surface area contributed by atoms with Crippen LogP contribution in [0.1, 0.15) is 48.0 Å². The van der Waals surface area contributed by atoms with Crippen molar-refractivity contribution in [1.82, 2.24) is 10.2 Å². The van der Waals surface area contributed by atoms with Gasteiger partial charge in [-0.3, -0.25) is 0 Å². The molecule has 1 aliphatic heterocycles. The highest BCUT2D eigenvalue weighted by Crippen LogP contribution is 2.25. The minimum absolute atomic E-state index is 0.204. The van der Waals surface area contributed by atoms with Gasteiger partial charge in [-0.05, 0) is 39.3 Å². The fourth-order valence-corrected chi connectivity index (χ4v) is 3.43. The third-order valence-electron chi connectivity index (χ3n) is 4.50. The molecule has 0 aromatic rings. The van der Waals surface area contributed by atoms with Crippen LogP contribution in [0.5, 0.6) is 0 Å². The molecule has 3 heteroatoms. The lowest BCUT2D eigenvalue weighted by atomic mass is 9.90. The van der Waals surface area contributed by atoms with E-state index in [0.29, 0.717) is 18.0 Å². The molecule has 0 amide bonds. The second kappa shape index (κ2) is 7.41. The SMILES string of the molecule is CCN(CC)CC1CC(N)C(C)=C(C(C)C)C(C)N1. The minimum Gasteiger partial charge on any atom is -0.324 e. The molecule has 0 aromatic heterocycles. The Hall–Kier alpha value is -0.380. The first kappa shape index (κ1) is 16.7. The zero-order valence-electron chi connectivity index (χ0n) is 13.7. The standard InChI is InChI=1S/C16H33N3/c1-7-19(8-2)10-14-9-15(17)12(5)16(11(3)4)13(6)18-14/h11,13-15,18H,7-10,17H2,1-6H3. The highest BCUT2D eigenvalue weighted by molar-refractivity contribution is 5.26. The Labute approximate surface area is 119 Å². The summed E-state index contributed by atoms with van der Waals surface area (Å²) < 4.78 is 0. The van der Waals surface area contributed by atoms with Crippen molar-refractivity contribution in [2.75, 3.05) is 19.6 Å². The van der Waals surface area contributed by atoms with Gasteiger partial charge in [-0.2, -0.15) is 0 Å². The maximum absolute atomic E-state index is 6.40. The Bertz CT molecular complexity index is 305. The largest absolute Gasteiger partial charge is 0.324 e. The van der Waals surface area contributed by atoms with Gasteiger partial charge in [0.05, 0.1) is 0 Å². The van der Waals surface area contributed by atoms with Gasteiger partial charge >= 0.3 is 0 Å². The predicted molar refractivity (Wildman–Crippen MR) is 84.3 cm³/mol. The quantitative estimate of drug-likeness (QED) is 0.752. The smallest absolute Gasteiger partial charge is 0.0269 e. The van der Waals surface area contributed by atoms with Crippen LogP contribution in [0.25, 0.3) is 0 Å². The van der Waals surface area contributed by atoms with Crippen LogP contribution in [0.4, 0.5) is 0 Å². The Morgan fingerprint density at radius 2 is 1.89 bits per heavy atom. The van der Waals surface area contributed by atoms with E-state index in [1.807, 2.05) is 0 Å². The molecule has 3 N–H and O–H groups in total. The number of hydrogen-bond acceptors (Lipinski definition) is 3. The summed E-state index contributed by atoms with van der Waals surface area (Å²) >= 11 is 0. The number of nitrogens with one attached hydrogen (secondary N) is 1. The van der Waals surface area contributed by atoms with Crippen molar-refractivity contribution >= 4 is 0 Å². The van der Waals surface area contributed by atoms with Crippen LogP contribution in [0.15, 0.2) is 11.1 Å². The second-order valence-corrected chi connectivity index (χ2v) is 6.21. The third-order valence-corrected chi connectivity index (χ3v) is 4.50. The van der Waals surface area contributed by atoms with Crippen LogP contribution < -0.4 is 11.1 Å². The zero-order valence-corrected chi connectivity index (χ0v) is 13.7. The molecule has 0 saturated carbocycles. The fourth-order valence-electron chi connectivity index (χ4n) is 3.43. The molecule has 0 bridgehead atoms. The molecule has 0 fully saturated rings. The number of nitrogens with two attached hydrogens (primary N) is 1. The van der Waals surface area contributed by atoms with Crippen molar-refractivity contribution in [2.24, 2.45) is 11.7 Å². The van der Waals surface area contributed by atoms with E-state index in [-0.39, 0.29) is 6.04 Å². The van der Waals surface area contributed by atoms with E-state index in [0.717, 1.165) is 26.1 Å². The molecule has 112 valence electrons. The van der Waals surface area contributed by atoms with Crippen LogP contribution in [0.2, 0.25) is 0 Å². The highest BCUT2D eigenvalue weighted by Gasteiger charge is 2.27. The number of rotatable bonds is 5. The molecule has 0 saturated heterocycles. The first-order valence-electron chi connectivity index (χ1n) is 7.85. The lowest BCUT2D eigenvalue weighted by molar-refractivity contribution is 0.251. The normalized spacial score (nSPS) is 29.2. The maximum atomic E-state index is 6.40. The van der Waals surface area contributed by atoms with Gasteiger partial charge in [0.25, 0.3) is 0 Å². The average Bonchev–Trinajstić information content (AvgIpc) is 2.44. The zero-order chi connectivity index (χ0) is 14.6. The fraction of sp³-hybridized carbons (Fsp3) is 0.875. The van der Waals surface area contributed by atoms with Crippen molar-refractivity contribution < 1.29 is 0 Å².